The van der Waals surface area contributed by atoms with Crippen molar-refractivity contribution in [2.24, 2.45) is 10.9 Å². The van der Waals surface area contributed by atoms with Crippen LogP contribution in [0.5, 0.6) is 5.75 Å². The monoisotopic (exact) mass is 472 g/mol. The first kappa shape index (κ1) is 22.3. The van der Waals surface area contributed by atoms with Crippen molar-refractivity contribution in [2.45, 2.75) is 40.3 Å². The average Bonchev–Trinajstić information content (AvgIpc) is 3.12. The number of nitrogens with one attached hydrogen (secondary N) is 2. The van der Waals surface area contributed by atoms with E-state index in [0.29, 0.717) is 12.5 Å². The summed E-state index contributed by atoms with van der Waals surface area (Å²) >= 11 is 0. The van der Waals surface area contributed by atoms with Crippen LogP contribution in [-0.4, -0.2) is 24.3 Å². The Balaban J connectivity index is 0.00000338. The Labute approximate surface area is 172 Å². The minimum Gasteiger partial charge on any atom is -0.493 e. The molecular weight excluding hydrogens is 443 g/mol. The van der Waals surface area contributed by atoms with Gasteiger partial charge in [0.05, 0.1) is 19.2 Å². The lowest BCUT2D eigenvalue weighted by molar-refractivity contribution is 0.271. The largest absolute Gasteiger partial charge is 0.493 e. The van der Waals surface area contributed by atoms with Crippen LogP contribution in [0, 0.1) is 5.92 Å². The van der Waals surface area contributed by atoms with Crippen LogP contribution >= 0.6 is 24.0 Å². The van der Waals surface area contributed by atoms with E-state index in [1.54, 1.807) is 6.26 Å². The molecule has 1 heterocycles. The number of nitrogens with zero attached hydrogens (tertiary/aromatic N) is 2. The number of halogens is 1. The fourth-order valence-corrected chi connectivity index (χ4v) is 2.20. The smallest absolute Gasteiger partial charge is 0.192 e. The van der Waals surface area contributed by atoms with E-state index in [1.165, 1.54) is 5.56 Å². The molecule has 0 aliphatic heterocycles. The van der Waals surface area contributed by atoms with Gasteiger partial charge in [0.2, 0.25) is 0 Å². The van der Waals surface area contributed by atoms with E-state index in [2.05, 4.69) is 53.7 Å². The molecule has 0 fully saturated rings. The van der Waals surface area contributed by atoms with Gasteiger partial charge >= 0.3 is 0 Å². The van der Waals surface area contributed by atoms with Gasteiger partial charge < -0.3 is 19.9 Å². The summed E-state index contributed by atoms with van der Waals surface area (Å²) in [4.78, 5) is 4.54. The van der Waals surface area contributed by atoms with E-state index >= 15 is 0 Å². The van der Waals surface area contributed by atoms with Crippen LogP contribution in [0.2, 0.25) is 0 Å². The molecule has 1 atom stereocenters. The van der Waals surface area contributed by atoms with Crippen molar-refractivity contribution in [2.75, 3.05) is 13.2 Å². The van der Waals surface area contributed by atoms with E-state index in [4.69, 9.17) is 9.26 Å². The second-order valence-electron chi connectivity index (χ2n) is 6.33. The summed E-state index contributed by atoms with van der Waals surface area (Å²) in [5, 5.41) is 10.5. The summed E-state index contributed by atoms with van der Waals surface area (Å²) in [5.74, 6) is 2.17. The highest BCUT2D eigenvalue weighted by Gasteiger charge is 2.08. The third-order valence-corrected chi connectivity index (χ3v) is 3.55. The summed E-state index contributed by atoms with van der Waals surface area (Å²) in [5.41, 5.74) is 1.97. The van der Waals surface area contributed by atoms with Crippen LogP contribution in [0.4, 0.5) is 0 Å². The van der Waals surface area contributed by atoms with Crippen LogP contribution in [0.25, 0.3) is 0 Å². The Morgan fingerprint density at radius 1 is 1.19 bits per heavy atom. The molecule has 0 amide bonds. The van der Waals surface area contributed by atoms with Gasteiger partial charge in [-0.3, -0.25) is 0 Å². The average molecular weight is 472 g/mol. The Hall–Kier alpha value is -1.77. The van der Waals surface area contributed by atoms with E-state index < -0.39 is 0 Å². The first-order valence-electron chi connectivity index (χ1n) is 8.75. The molecule has 26 heavy (non-hydrogen) atoms. The number of rotatable bonds is 8. The number of hydrogen-bond donors (Lipinski definition) is 2. The molecule has 2 N–H and O–H groups in total. The summed E-state index contributed by atoms with van der Waals surface area (Å²) in [6.07, 6.45) is 1.55. The fourth-order valence-electron chi connectivity index (χ4n) is 2.20. The molecule has 0 spiro atoms. The van der Waals surface area contributed by atoms with Crippen LogP contribution in [0.15, 0.2) is 46.1 Å². The lowest BCUT2D eigenvalue weighted by Gasteiger charge is -2.18. The summed E-state index contributed by atoms with van der Waals surface area (Å²) < 4.78 is 10.6. The van der Waals surface area contributed by atoms with Gasteiger partial charge in [-0.2, -0.15) is 0 Å². The molecule has 6 nitrogen and oxygen atoms in total. The van der Waals surface area contributed by atoms with Crippen molar-refractivity contribution < 1.29 is 9.26 Å². The van der Waals surface area contributed by atoms with Gasteiger partial charge in [0.15, 0.2) is 5.96 Å². The summed E-state index contributed by atoms with van der Waals surface area (Å²) in [6.45, 7) is 10.4. The lowest BCUT2D eigenvalue weighted by atomic mass is 10.1. The van der Waals surface area contributed by atoms with Gasteiger partial charge in [-0.1, -0.05) is 31.1 Å². The maximum atomic E-state index is 5.73. The van der Waals surface area contributed by atoms with E-state index in [9.17, 15) is 0 Å². The molecule has 1 unspecified atom stereocenters. The van der Waals surface area contributed by atoms with Crippen molar-refractivity contribution >= 4 is 29.9 Å². The Bertz CT molecular complexity index is 642. The van der Waals surface area contributed by atoms with Crippen molar-refractivity contribution in [1.29, 1.82) is 0 Å². The number of aliphatic imine (C=N–C) groups is 1. The molecular formula is C19H29IN4O2. The van der Waals surface area contributed by atoms with Crippen molar-refractivity contribution in [3.05, 3.63) is 47.9 Å². The van der Waals surface area contributed by atoms with Gasteiger partial charge in [0, 0.05) is 12.6 Å². The van der Waals surface area contributed by atoms with Gasteiger partial charge in [0.25, 0.3) is 0 Å². The minimum absolute atomic E-state index is 0. The van der Waals surface area contributed by atoms with Gasteiger partial charge in [0.1, 0.15) is 17.7 Å². The molecule has 0 saturated heterocycles. The third kappa shape index (κ3) is 7.63. The highest BCUT2D eigenvalue weighted by molar-refractivity contribution is 14.0. The number of benzene rings is 1. The highest BCUT2D eigenvalue weighted by Crippen LogP contribution is 2.18. The van der Waals surface area contributed by atoms with Crippen molar-refractivity contribution in [3.8, 4) is 5.75 Å². The lowest BCUT2D eigenvalue weighted by Crippen LogP contribution is -2.38. The fraction of sp³-hybridized carbons (Fsp3) is 0.474. The number of guanidine groups is 1. The minimum atomic E-state index is 0. The van der Waals surface area contributed by atoms with Crippen LogP contribution in [0.1, 0.15) is 45.0 Å². The normalized spacial score (nSPS) is 12.4. The van der Waals surface area contributed by atoms with Crippen LogP contribution in [0.3, 0.4) is 0 Å². The first-order chi connectivity index (χ1) is 12.1. The van der Waals surface area contributed by atoms with Gasteiger partial charge in [-0.05, 0) is 37.5 Å². The number of ether oxygens (including phenoxy) is 1. The molecule has 2 rings (SSSR count). The molecule has 144 valence electrons. The predicted octanol–water partition coefficient (Wildman–Crippen LogP) is 4.14. The molecule has 0 saturated carbocycles. The molecule has 0 aliphatic rings. The molecule has 2 aromatic rings. The Kier molecular flexibility index (Phi) is 10.1. The zero-order chi connectivity index (χ0) is 18.1. The van der Waals surface area contributed by atoms with Gasteiger partial charge in [-0.25, -0.2) is 4.99 Å². The van der Waals surface area contributed by atoms with Crippen molar-refractivity contribution in [3.63, 3.8) is 0 Å². The maximum absolute atomic E-state index is 5.73. The first-order valence-corrected chi connectivity index (χ1v) is 8.75. The molecule has 0 bridgehead atoms. The molecule has 1 aromatic heterocycles. The predicted molar refractivity (Wildman–Crippen MR) is 115 cm³/mol. The number of hydrogen-bond acceptors (Lipinski definition) is 4. The second kappa shape index (κ2) is 11.8. The second-order valence-corrected chi connectivity index (χ2v) is 6.33. The topological polar surface area (TPSA) is 71.7 Å². The summed E-state index contributed by atoms with van der Waals surface area (Å²) in [7, 11) is 0. The Morgan fingerprint density at radius 3 is 2.50 bits per heavy atom. The Morgan fingerprint density at radius 2 is 1.92 bits per heavy atom. The van der Waals surface area contributed by atoms with Crippen LogP contribution < -0.4 is 15.4 Å². The van der Waals surface area contributed by atoms with E-state index in [1.807, 2.05) is 25.1 Å². The zero-order valence-electron chi connectivity index (χ0n) is 15.9. The van der Waals surface area contributed by atoms with Crippen molar-refractivity contribution in [1.82, 2.24) is 15.8 Å². The molecule has 0 radical (unpaired) electrons. The molecule has 7 heteroatoms. The highest BCUT2D eigenvalue weighted by atomic mass is 127. The third-order valence-electron chi connectivity index (χ3n) is 3.55. The van der Waals surface area contributed by atoms with E-state index in [-0.39, 0.29) is 30.0 Å². The van der Waals surface area contributed by atoms with Crippen LogP contribution in [-0.2, 0) is 6.54 Å². The quantitative estimate of drug-likeness (QED) is 0.343. The number of aromatic nitrogens is 1. The standard InChI is InChI=1S/C19H28N4O2.HI/c1-5-20-19(21-12-17-10-11-25-23-17)22-15(4)16-6-8-18(9-7-16)24-13-14(2)3;/h6-11,14-15H,5,12-13H2,1-4H3,(H2,20,21,22);1H. The molecule has 0 aliphatic carbocycles. The molecule has 1 aromatic carbocycles. The van der Waals surface area contributed by atoms with Gasteiger partial charge in [-0.15, -0.1) is 24.0 Å². The zero-order valence-corrected chi connectivity index (χ0v) is 18.2. The SMILES string of the molecule is CCNC(=NCc1ccon1)NC(C)c1ccc(OCC(C)C)cc1.I. The summed E-state index contributed by atoms with van der Waals surface area (Å²) in [6, 6.07) is 10.1. The van der Waals surface area contributed by atoms with E-state index in [0.717, 1.165) is 30.6 Å². The maximum Gasteiger partial charge on any atom is 0.192 e.